The molecule has 0 saturated carbocycles. The quantitative estimate of drug-likeness (QED) is 0.753. The van der Waals surface area contributed by atoms with Crippen LogP contribution >= 0.6 is 15.9 Å². The highest BCUT2D eigenvalue weighted by atomic mass is 79.9. The number of halogens is 1. The van der Waals surface area contributed by atoms with E-state index in [0.717, 1.165) is 21.3 Å². The fourth-order valence-corrected chi connectivity index (χ4v) is 3.15. The molecule has 3 N–H and O–H groups in total. The summed E-state index contributed by atoms with van der Waals surface area (Å²) in [5.41, 5.74) is 7.97. The number of nitrogens with two attached hydrogens (primary N) is 1. The van der Waals surface area contributed by atoms with Crippen LogP contribution in [0.2, 0.25) is 0 Å². The summed E-state index contributed by atoms with van der Waals surface area (Å²) in [4.78, 5) is 0. The van der Waals surface area contributed by atoms with Crippen molar-refractivity contribution in [1.82, 2.24) is 0 Å². The van der Waals surface area contributed by atoms with Gasteiger partial charge < -0.3 is 20.5 Å². The zero-order chi connectivity index (χ0) is 15.4. The summed E-state index contributed by atoms with van der Waals surface area (Å²) in [6.45, 7) is 5.80. The van der Waals surface area contributed by atoms with Crippen molar-refractivity contribution in [2.24, 2.45) is 5.73 Å². The lowest BCUT2D eigenvalue weighted by molar-refractivity contribution is 0.174. The highest BCUT2D eigenvalue weighted by Gasteiger charge is 2.46. The van der Waals surface area contributed by atoms with Crippen molar-refractivity contribution in [1.29, 1.82) is 5.26 Å². The third-order valence-electron chi connectivity index (χ3n) is 3.72. The van der Waals surface area contributed by atoms with Gasteiger partial charge in [0.1, 0.15) is 11.8 Å². The van der Waals surface area contributed by atoms with Gasteiger partial charge in [0.2, 0.25) is 11.6 Å². The van der Waals surface area contributed by atoms with Gasteiger partial charge in [-0.15, -0.1) is 0 Å². The first-order chi connectivity index (χ1) is 9.88. The van der Waals surface area contributed by atoms with Gasteiger partial charge in [-0.3, -0.25) is 0 Å². The summed E-state index contributed by atoms with van der Waals surface area (Å²) in [7, 11) is 0. The maximum absolute atomic E-state index is 9.40. The van der Waals surface area contributed by atoms with Crippen LogP contribution in [0.4, 0.5) is 5.69 Å². The van der Waals surface area contributed by atoms with E-state index in [1.807, 2.05) is 19.9 Å². The lowest BCUT2D eigenvalue weighted by Gasteiger charge is -2.30. The molecule has 0 radical (unpaired) electrons. The fourth-order valence-electron chi connectivity index (χ4n) is 2.54. The van der Waals surface area contributed by atoms with Crippen LogP contribution in [0, 0.1) is 25.2 Å². The highest BCUT2D eigenvalue weighted by Crippen LogP contribution is 2.48. The van der Waals surface area contributed by atoms with E-state index in [-0.39, 0.29) is 11.5 Å². The molecule has 1 aromatic carbocycles. The van der Waals surface area contributed by atoms with E-state index in [9.17, 15) is 5.26 Å². The van der Waals surface area contributed by atoms with E-state index >= 15 is 0 Å². The molecular weight excluding hydrogens is 334 g/mol. The highest BCUT2D eigenvalue weighted by molar-refractivity contribution is 9.10. The van der Waals surface area contributed by atoms with Gasteiger partial charge in [0, 0.05) is 6.08 Å². The van der Waals surface area contributed by atoms with Crippen LogP contribution in [0.25, 0.3) is 0 Å². The largest absolute Gasteiger partial charge is 0.456 e. The molecule has 2 aliphatic rings. The van der Waals surface area contributed by atoms with Crippen LogP contribution in [0.1, 0.15) is 18.1 Å². The Hall–Kier alpha value is -2.13. The number of rotatable bonds is 0. The van der Waals surface area contributed by atoms with E-state index in [1.54, 1.807) is 13.0 Å². The minimum atomic E-state index is -1.10. The second-order valence-corrected chi connectivity index (χ2v) is 5.97. The minimum absolute atomic E-state index is 0.0578. The Balaban J connectivity index is 2.18. The zero-order valence-electron chi connectivity index (χ0n) is 11.9. The molecule has 0 aromatic heterocycles. The Morgan fingerprint density at radius 3 is 2.76 bits per heavy atom. The number of benzene rings is 1. The third-order valence-corrected chi connectivity index (χ3v) is 4.67. The molecule has 5 nitrogen and oxygen atoms in total. The van der Waals surface area contributed by atoms with Crippen LogP contribution in [0.3, 0.4) is 0 Å². The van der Waals surface area contributed by atoms with Crippen molar-refractivity contribution in [3.05, 3.63) is 45.0 Å². The van der Waals surface area contributed by atoms with Crippen molar-refractivity contribution in [3.8, 4) is 11.8 Å². The molecule has 0 aliphatic carbocycles. The van der Waals surface area contributed by atoms with Crippen LogP contribution in [0.5, 0.6) is 5.75 Å². The molecule has 2 aliphatic heterocycles. The van der Waals surface area contributed by atoms with Gasteiger partial charge in [-0.25, -0.2) is 0 Å². The Bertz CT molecular complexity index is 761. The number of aryl methyl sites for hydroxylation is 1. The normalized spacial score (nSPS) is 22.9. The molecule has 108 valence electrons. The lowest BCUT2D eigenvalue weighted by atomic mass is 10.0. The summed E-state index contributed by atoms with van der Waals surface area (Å²) in [6, 6.07) is 4.07. The molecule has 6 heteroatoms. The molecule has 1 aromatic rings. The van der Waals surface area contributed by atoms with Gasteiger partial charge in [0.25, 0.3) is 0 Å². The van der Waals surface area contributed by atoms with Gasteiger partial charge in [-0.2, -0.15) is 5.26 Å². The minimum Gasteiger partial charge on any atom is -0.456 e. The molecule has 0 bridgehead atoms. The lowest BCUT2D eigenvalue weighted by Crippen LogP contribution is -2.44. The monoisotopic (exact) mass is 347 g/mol. The van der Waals surface area contributed by atoms with E-state index in [2.05, 4.69) is 27.3 Å². The first-order valence-electron chi connectivity index (χ1n) is 6.42. The molecule has 0 saturated heterocycles. The van der Waals surface area contributed by atoms with Gasteiger partial charge in [0.05, 0.1) is 10.2 Å². The van der Waals surface area contributed by atoms with Gasteiger partial charge in [0.15, 0.2) is 11.3 Å². The number of ether oxygens (including phenoxy) is 2. The molecule has 0 amide bonds. The Labute approximate surface area is 131 Å². The molecule has 3 rings (SSSR count). The van der Waals surface area contributed by atoms with E-state index in [1.165, 1.54) is 0 Å². The standard InChI is InChI=1S/C15H14BrN3O2/c1-7-4-11-13(12(16)9(7)3)21-15(19-11)5-8(2)20-14(18)10(15)6-17/h4-5,19H,18H2,1-3H3/t15-/m1/s1. The van der Waals surface area contributed by atoms with Crippen molar-refractivity contribution in [2.75, 3.05) is 5.32 Å². The Morgan fingerprint density at radius 1 is 1.38 bits per heavy atom. The number of nitriles is 1. The summed E-state index contributed by atoms with van der Waals surface area (Å²) in [5.74, 6) is 1.31. The number of hydrogen-bond donors (Lipinski definition) is 2. The number of nitrogens with one attached hydrogen (secondary N) is 1. The van der Waals surface area contributed by atoms with Gasteiger partial charge in [-0.1, -0.05) is 0 Å². The second kappa shape index (κ2) is 4.43. The van der Waals surface area contributed by atoms with Gasteiger partial charge in [-0.05, 0) is 53.9 Å². The molecule has 1 atom stereocenters. The number of hydrogen-bond acceptors (Lipinski definition) is 5. The van der Waals surface area contributed by atoms with Crippen molar-refractivity contribution < 1.29 is 9.47 Å². The molecular formula is C15H14BrN3O2. The first-order valence-corrected chi connectivity index (χ1v) is 7.22. The van der Waals surface area contributed by atoms with E-state index < -0.39 is 5.72 Å². The Morgan fingerprint density at radius 2 is 2.10 bits per heavy atom. The Kier molecular flexibility index (Phi) is 2.92. The molecule has 1 spiro atoms. The average molecular weight is 348 g/mol. The maximum Gasteiger partial charge on any atom is 0.245 e. The molecule has 0 fully saturated rings. The number of allylic oxidation sites excluding steroid dienone is 1. The van der Waals surface area contributed by atoms with Gasteiger partial charge >= 0.3 is 0 Å². The third kappa shape index (κ3) is 1.88. The maximum atomic E-state index is 9.40. The van der Waals surface area contributed by atoms with E-state index in [0.29, 0.717) is 11.5 Å². The first kappa shape index (κ1) is 13.8. The predicted molar refractivity (Wildman–Crippen MR) is 82.3 cm³/mol. The number of fused-ring (bicyclic) bond motifs is 1. The SMILES string of the molecule is CC1=C[C@]2(Nc3cc(C)c(C)c(Br)c3O2)C(C#N)=C(N)O1. The van der Waals surface area contributed by atoms with E-state index in [4.69, 9.17) is 15.2 Å². The summed E-state index contributed by atoms with van der Waals surface area (Å²) in [6.07, 6.45) is 1.72. The van der Waals surface area contributed by atoms with Crippen LogP contribution in [-0.2, 0) is 4.74 Å². The van der Waals surface area contributed by atoms with Crippen molar-refractivity contribution >= 4 is 21.6 Å². The summed E-state index contributed by atoms with van der Waals surface area (Å²) < 4.78 is 12.3. The van der Waals surface area contributed by atoms with Crippen molar-refractivity contribution in [3.63, 3.8) is 0 Å². The molecule has 2 heterocycles. The van der Waals surface area contributed by atoms with Crippen LogP contribution < -0.4 is 15.8 Å². The smallest absolute Gasteiger partial charge is 0.245 e. The summed E-state index contributed by atoms with van der Waals surface area (Å²) in [5, 5.41) is 12.7. The number of anilines is 1. The molecule has 21 heavy (non-hydrogen) atoms. The zero-order valence-corrected chi connectivity index (χ0v) is 13.5. The average Bonchev–Trinajstić information content (AvgIpc) is 2.74. The van der Waals surface area contributed by atoms with Crippen molar-refractivity contribution in [2.45, 2.75) is 26.5 Å². The summed E-state index contributed by atoms with van der Waals surface area (Å²) >= 11 is 3.56. The fraction of sp³-hybridized carbons (Fsp3) is 0.267. The predicted octanol–water partition coefficient (Wildman–Crippen LogP) is 3.19. The second-order valence-electron chi connectivity index (χ2n) is 5.18. The topological polar surface area (TPSA) is 80.3 Å². The van der Waals surface area contributed by atoms with Crippen LogP contribution in [-0.4, -0.2) is 5.72 Å². The number of nitrogens with zero attached hydrogens (tertiary/aromatic N) is 1. The molecule has 0 unspecified atom stereocenters. The van der Waals surface area contributed by atoms with Crippen LogP contribution in [0.15, 0.2) is 33.8 Å².